The largest absolute Gasteiger partial charge is 0.507 e. The second-order valence-electron chi connectivity index (χ2n) is 3.51. The molecule has 1 rings (SSSR count). The van der Waals surface area contributed by atoms with Crippen molar-refractivity contribution in [2.75, 3.05) is 21.1 Å². The van der Waals surface area contributed by atoms with Gasteiger partial charge in [0, 0.05) is 26.7 Å². The van der Waals surface area contributed by atoms with Crippen LogP contribution in [0.15, 0.2) is 18.2 Å². The van der Waals surface area contributed by atoms with Crippen LogP contribution in [-0.4, -0.2) is 43.0 Å². The van der Waals surface area contributed by atoms with E-state index in [1.54, 1.807) is 14.1 Å². The van der Waals surface area contributed by atoms with Crippen molar-refractivity contribution in [3.8, 4) is 5.75 Å². The Morgan fingerprint density at radius 2 is 1.94 bits per heavy atom. The number of nitrogens with zero attached hydrogens (tertiary/aromatic N) is 1. The third kappa shape index (κ3) is 2.31. The number of phenolic OH excluding ortho intramolecular Hbond substituents is 1. The summed E-state index contributed by atoms with van der Waals surface area (Å²) in [6.45, 7) is 0. The Balaban J connectivity index is 3.09. The molecule has 0 fully saturated rings. The summed E-state index contributed by atoms with van der Waals surface area (Å²) in [5.41, 5.74) is 0.493. The summed E-state index contributed by atoms with van der Waals surface area (Å²) in [5.74, 6) is -0.813. The smallest absolute Gasteiger partial charge is 0.254 e. The summed E-state index contributed by atoms with van der Waals surface area (Å²) in [5, 5.41) is 12.0. The second-order valence-corrected chi connectivity index (χ2v) is 3.51. The normalized spacial score (nSPS) is 9.69. The van der Waals surface area contributed by atoms with Gasteiger partial charge in [-0.05, 0) is 18.2 Å². The lowest BCUT2D eigenvalue weighted by molar-refractivity contribution is 0.0826. The number of hydrogen-bond donors (Lipinski definition) is 2. The fourth-order valence-electron chi connectivity index (χ4n) is 1.25. The average Bonchev–Trinajstić information content (AvgIpc) is 2.26. The summed E-state index contributed by atoms with van der Waals surface area (Å²) in [6.07, 6.45) is 0. The Morgan fingerprint density at radius 3 is 2.38 bits per heavy atom. The summed E-state index contributed by atoms with van der Waals surface area (Å²) in [4.78, 5) is 24.2. The second kappa shape index (κ2) is 4.65. The summed E-state index contributed by atoms with van der Waals surface area (Å²) >= 11 is 0. The summed E-state index contributed by atoms with van der Waals surface area (Å²) < 4.78 is 0. The van der Waals surface area contributed by atoms with Crippen molar-refractivity contribution in [1.82, 2.24) is 10.2 Å². The van der Waals surface area contributed by atoms with Gasteiger partial charge in [-0.3, -0.25) is 9.59 Å². The van der Waals surface area contributed by atoms with Crippen LogP contribution < -0.4 is 5.32 Å². The predicted molar refractivity (Wildman–Crippen MR) is 59.5 cm³/mol. The van der Waals surface area contributed by atoms with Gasteiger partial charge in [0.2, 0.25) is 0 Å². The monoisotopic (exact) mass is 222 g/mol. The van der Waals surface area contributed by atoms with Gasteiger partial charge in [0.15, 0.2) is 0 Å². The molecule has 0 bridgehead atoms. The fraction of sp³-hybridized carbons (Fsp3) is 0.273. The molecule has 1 aromatic rings. The van der Waals surface area contributed by atoms with Crippen molar-refractivity contribution in [2.24, 2.45) is 0 Å². The van der Waals surface area contributed by atoms with Gasteiger partial charge in [-0.15, -0.1) is 0 Å². The molecule has 0 spiro atoms. The summed E-state index contributed by atoms with van der Waals surface area (Å²) in [6, 6.07) is 4.21. The molecular formula is C11H14N2O3. The molecule has 0 saturated heterocycles. The molecule has 0 aromatic heterocycles. The molecule has 5 nitrogen and oxygen atoms in total. The van der Waals surface area contributed by atoms with E-state index in [9.17, 15) is 14.7 Å². The van der Waals surface area contributed by atoms with Crippen LogP contribution in [0.5, 0.6) is 5.75 Å². The van der Waals surface area contributed by atoms with Crippen LogP contribution in [-0.2, 0) is 0 Å². The number of benzene rings is 1. The topological polar surface area (TPSA) is 69.6 Å². The minimum absolute atomic E-state index is 0.151. The van der Waals surface area contributed by atoms with Crippen molar-refractivity contribution in [3.05, 3.63) is 29.3 Å². The van der Waals surface area contributed by atoms with Crippen LogP contribution in [0.1, 0.15) is 20.7 Å². The minimum Gasteiger partial charge on any atom is -0.507 e. The van der Waals surface area contributed by atoms with Crippen molar-refractivity contribution in [3.63, 3.8) is 0 Å². The van der Waals surface area contributed by atoms with Gasteiger partial charge in [0.25, 0.3) is 11.8 Å². The molecule has 1 aromatic carbocycles. The lowest BCUT2D eigenvalue weighted by Gasteiger charge is -2.11. The zero-order chi connectivity index (χ0) is 12.3. The van der Waals surface area contributed by atoms with Gasteiger partial charge < -0.3 is 15.3 Å². The Kier molecular flexibility index (Phi) is 3.50. The first kappa shape index (κ1) is 12.0. The number of aromatic hydroxyl groups is 1. The van der Waals surface area contributed by atoms with Crippen LogP contribution >= 0.6 is 0 Å². The number of phenols is 1. The van der Waals surface area contributed by atoms with Crippen molar-refractivity contribution in [2.45, 2.75) is 0 Å². The van der Waals surface area contributed by atoms with Gasteiger partial charge in [-0.25, -0.2) is 0 Å². The highest BCUT2D eigenvalue weighted by molar-refractivity contribution is 5.99. The first-order valence-corrected chi connectivity index (χ1v) is 4.74. The number of amides is 2. The molecule has 0 unspecified atom stereocenters. The van der Waals surface area contributed by atoms with Crippen LogP contribution in [0.2, 0.25) is 0 Å². The number of carbonyl (C=O) groups is 2. The van der Waals surface area contributed by atoms with Gasteiger partial charge in [-0.2, -0.15) is 0 Å². The quantitative estimate of drug-likeness (QED) is 0.763. The molecule has 86 valence electrons. The van der Waals surface area contributed by atoms with E-state index in [1.807, 2.05) is 0 Å². The lowest BCUT2D eigenvalue weighted by atomic mass is 10.1. The van der Waals surface area contributed by atoms with Crippen LogP contribution in [0.3, 0.4) is 0 Å². The average molecular weight is 222 g/mol. The number of rotatable bonds is 2. The standard InChI is InChI=1S/C11H14N2O3/c1-12-10(15)8-5-4-7(6-9(8)14)11(16)13(2)3/h4-6,14H,1-3H3,(H,12,15). The maximum atomic E-state index is 11.6. The molecular weight excluding hydrogens is 208 g/mol. The van der Waals surface area contributed by atoms with Gasteiger partial charge >= 0.3 is 0 Å². The Morgan fingerprint density at radius 1 is 1.31 bits per heavy atom. The zero-order valence-corrected chi connectivity index (χ0v) is 9.44. The molecule has 16 heavy (non-hydrogen) atoms. The minimum atomic E-state index is -0.388. The van der Waals surface area contributed by atoms with E-state index < -0.39 is 0 Å². The van der Waals surface area contributed by atoms with E-state index in [2.05, 4.69) is 5.32 Å². The summed E-state index contributed by atoms with van der Waals surface area (Å²) in [7, 11) is 4.71. The lowest BCUT2D eigenvalue weighted by Crippen LogP contribution is -2.22. The Hall–Kier alpha value is -2.04. The highest BCUT2D eigenvalue weighted by atomic mass is 16.3. The van der Waals surface area contributed by atoms with Crippen LogP contribution in [0.25, 0.3) is 0 Å². The van der Waals surface area contributed by atoms with Gasteiger partial charge in [0.1, 0.15) is 5.75 Å². The first-order valence-electron chi connectivity index (χ1n) is 4.74. The van der Waals surface area contributed by atoms with Crippen molar-refractivity contribution >= 4 is 11.8 Å². The molecule has 0 heterocycles. The molecule has 2 N–H and O–H groups in total. The van der Waals surface area contributed by atoms with E-state index in [-0.39, 0.29) is 23.1 Å². The van der Waals surface area contributed by atoms with E-state index >= 15 is 0 Å². The Bertz CT molecular complexity index is 427. The molecule has 0 atom stereocenters. The van der Waals surface area contributed by atoms with Crippen molar-refractivity contribution < 1.29 is 14.7 Å². The van der Waals surface area contributed by atoms with Crippen molar-refractivity contribution in [1.29, 1.82) is 0 Å². The van der Waals surface area contributed by atoms with Gasteiger partial charge in [0.05, 0.1) is 5.56 Å². The zero-order valence-electron chi connectivity index (χ0n) is 9.44. The molecule has 5 heteroatoms. The van der Waals surface area contributed by atoms with E-state index in [0.29, 0.717) is 5.56 Å². The molecule has 2 amide bonds. The maximum absolute atomic E-state index is 11.6. The van der Waals surface area contributed by atoms with Gasteiger partial charge in [-0.1, -0.05) is 0 Å². The maximum Gasteiger partial charge on any atom is 0.254 e. The SMILES string of the molecule is CNC(=O)c1ccc(C(=O)N(C)C)cc1O. The van der Waals surface area contributed by atoms with E-state index in [0.717, 1.165) is 0 Å². The Labute approximate surface area is 93.7 Å². The molecule has 0 aliphatic rings. The number of hydrogen-bond acceptors (Lipinski definition) is 3. The third-order valence-electron chi connectivity index (χ3n) is 2.12. The number of nitrogens with one attached hydrogen (secondary N) is 1. The fourth-order valence-corrected chi connectivity index (χ4v) is 1.25. The van der Waals surface area contributed by atoms with E-state index in [1.165, 1.54) is 30.1 Å². The molecule has 0 aliphatic carbocycles. The molecule has 0 radical (unpaired) electrons. The molecule has 0 aliphatic heterocycles. The van der Waals surface area contributed by atoms with Crippen LogP contribution in [0.4, 0.5) is 0 Å². The predicted octanol–water partition coefficient (Wildman–Crippen LogP) is 0.454. The first-order chi connectivity index (χ1) is 7.47. The van der Waals surface area contributed by atoms with Crippen LogP contribution in [0, 0.1) is 0 Å². The highest BCUT2D eigenvalue weighted by Gasteiger charge is 2.13. The van der Waals surface area contributed by atoms with E-state index in [4.69, 9.17) is 0 Å². The molecule has 0 saturated carbocycles. The highest BCUT2D eigenvalue weighted by Crippen LogP contribution is 2.19. The number of carbonyl (C=O) groups excluding carboxylic acids is 2. The third-order valence-corrected chi connectivity index (χ3v) is 2.12.